The van der Waals surface area contributed by atoms with Crippen LogP contribution in [0.5, 0.6) is 0 Å². The zero-order valence-corrected chi connectivity index (χ0v) is 14.4. The van der Waals surface area contributed by atoms with Crippen LogP contribution >= 0.6 is 0 Å². The van der Waals surface area contributed by atoms with E-state index in [1.807, 2.05) is 6.92 Å². The van der Waals surface area contributed by atoms with Gasteiger partial charge < -0.3 is 24.1 Å². The molecule has 1 amide bonds. The molecule has 1 aliphatic heterocycles. The fourth-order valence-corrected chi connectivity index (χ4v) is 2.65. The van der Waals surface area contributed by atoms with Crippen molar-refractivity contribution in [3.63, 3.8) is 0 Å². The number of hydrogen-bond acceptors (Lipinski definition) is 6. The smallest absolute Gasteiger partial charge is 0.289 e. The maximum absolute atomic E-state index is 12.3. The predicted molar refractivity (Wildman–Crippen MR) is 90.0 cm³/mol. The number of furan rings is 1. The van der Waals surface area contributed by atoms with E-state index in [0.717, 1.165) is 12.5 Å². The molecule has 25 heavy (non-hydrogen) atoms. The van der Waals surface area contributed by atoms with Crippen LogP contribution in [0.15, 0.2) is 32.3 Å². The highest BCUT2D eigenvalue weighted by Gasteiger charge is 2.25. The monoisotopic (exact) mass is 346 g/mol. The van der Waals surface area contributed by atoms with Crippen LogP contribution in [0.3, 0.4) is 0 Å². The number of aromatic nitrogens is 2. The normalized spacial score (nSPS) is 15.5. The van der Waals surface area contributed by atoms with Crippen molar-refractivity contribution in [2.45, 2.75) is 20.4 Å². The lowest BCUT2D eigenvalue weighted by Gasteiger charge is -2.36. The highest BCUT2D eigenvalue weighted by molar-refractivity contribution is 5.91. The first-order valence-corrected chi connectivity index (χ1v) is 8.32. The zero-order valence-electron chi connectivity index (χ0n) is 14.4. The third-order valence-corrected chi connectivity index (χ3v) is 3.87. The topological polar surface area (TPSA) is 100 Å². The number of nitrogens with one attached hydrogen (secondary N) is 1. The Morgan fingerprint density at radius 3 is 2.68 bits per heavy atom. The number of aliphatic imine (C=N–C) groups is 1. The molecule has 1 fully saturated rings. The molecule has 0 atom stereocenters. The van der Waals surface area contributed by atoms with Crippen LogP contribution in [0.2, 0.25) is 0 Å². The van der Waals surface area contributed by atoms with Crippen molar-refractivity contribution in [1.82, 2.24) is 25.3 Å². The van der Waals surface area contributed by atoms with Gasteiger partial charge >= 0.3 is 0 Å². The fraction of sp³-hybridized carbons (Fsp3) is 0.500. The van der Waals surface area contributed by atoms with Crippen molar-refractivity contribution in [3.8, 4) is 0 Å². The molecule has 0 aromatic carbocycles. The Labute approximate surface area is 145 Å². The Balaban J connectivity index is 1.59. The van der Waals surface area contributed by atoms with Gasteiger partial charge in [-0.3, -0.25) is 4.79 Å². The second kappa shape index (κ2) is 7.82. The van der Waals surface area contributed by atoms with E-state index in [2.05, 4.69) is 25.3 Å². The molecule has 9 heteroatoms. The van der Waals surface area contributed by atoms with Crippen molar-refractivity contribution in [2.75, 3.05) is 32.7 Å². The summed E-state index contributed by atoms with van der Waals surface area (Å²) >= 11 is 0. The summed E-state index contributed by atoms with van der Waals surface area (Å²) in [4.78, 5) is 24.9. The number of nitrogens with zero attached hydrogens (tertiary/aromatic N) is 5. The van der Waals surface area contributed by atoms with Gasteiger partial charge in [0.1, 0.15) is 6.54 Å². The SMILES string of the molecule is CCNC(=NCc1nc(C)no1)N1CCN(C(=O)c2ccco2)CC1. The van der Waals surface area contributed by atoms with Gasteiger partial charge in [0.2, 0.25) is 5.89 Å². The average molecular weight is 346 g/mol. The first kappa shape index (κ1) is 17.0. The average Bonchev–Trinajstić information content (AvgIpc) is 3.30. The number of carbonyl (C=O) groups is 1. The molecule has 2 aromatic rings. The zero-order chi connectivity index (χ0) is 17.6. The Morgan fingerprint density at radius 2 is 2.08 bits per heavy atom. The molecule has 2 aromatic heterocycles. The van der Waals surface area contributed by atoms with Gasteiger partial charge in [0, 0.05) is 32.7 Å². The second-order valence-electron chi connectivity index (χ2n) is 5.66. The van der Waals surface area contributed by atoms with Crippen molar-refractivity contribution in [2.24, 2.45) is 4.99 Å². The summed E-state index contributed by atoms with van der Waals surface area (Å²) in [5, 5.41) is 7.03. The van der Waals surface area contributed by atoms with Crippen LogP contribution < -0.4 is 5.32 Å². The first-order chi connectivity index (χ1) is 12.2. The number of hydrogen-bond donors (Lipinski definition) is 1. The molecule has 1 saturated heterocycles. The third-order valence-electron chi connectivity index (χ3n) is 3.87. The minimum atomic E-state index is -0.0760. The van der Waals surface area contributed by atoms with E-state index in [1.165, 1.54) is 6.26 Å². The molecular formula is C16H22N6O3. The fourth-order valence-electron chi connectivity index (χ4n) is 2.65. The van der Waals surface area contributed by atoms with Crippen LogP contribution in [0, 0.1) is 6.92 Å². The van der Waals surface area contributed by atoms with Crippen LogP contribution in [-0.2, 0) is 6.54 Å². The molecular weight excluding hydrogens is 324 g/mol. The molecule has 134 valence electrons. The van der Waals surface area contributed by atoms with E-state index >= 15 is 0 Å². The van der Waals surface area contributed by atoms with Gasteiger partial charge in [-0.1, -0.05) is 5.16 Å². The lowest BCUT2D eigenvalue weighted by molar-refractivity contribution is 0.0657. The number of piperazine rings is 1. The van der Waals surface area contributed by atoms with Crippen molar-refractivity contribution >= 4 is 11.9 Å². The van der Waals surface area contributed by atoms with Gasteiger partial charge in [0.05, 0.1) is 6.26 Å². The summed E-state index contributed by atoms with van der Waals surface area (Å²) in [5.74, 6) is 2.16. The predicted octanol–water partition coefficient (Wildman–Crippen LogP) is 0.895. The van der Waals surface area contributed by atoms with Crippen molar-refractivity contribution < 1.29 is 13.7 Å². The molecule has 0 saturated carbocycles. The number of rotatable bonds is 4. The summed E-state index contributed by atoms with van der Waals surface area (Å²) in [7, 11) is 0. The Morgan fingerprint density at radius 1 is 1.32 bits per heavy atom. The maximum atomic E-state index is 12.3. The molecule has 0 unspecified atom stereocenters. The van der Waals surface area contributed by atoms with Gasteiger partial charge in [-0.05, 0) is 26.0 Å². The standard InChI is InChI=1S/C16H22N6O3/c1-3-17-16(18-11-14-19-12(2)20-25-14)22-8-6-21(7-9-22)15(23)13-5-4-10-24-13/h4-5,10H,3,6-9,11H2,1-2H3,(H,17,18). The van der Waals surface area contributed by atoms with E-state index in [0.29, 0.717) is 50.2 Å². The number of guanidine groups is 1. The third kappa shape index (κ3) is 4.17. The lowest BCUT2D eigenvalue weighted by Crippen LogP contribution is -2.53. The molecule has 0 aliphatic carbocycles. The largest absolute Gasteiger partial charge is 0.459 e. The van der Waals surface area contributed by atoms with E-state index in [-0.39, 0.29) is 5.91 Å². The molecule has 1 aliphatic rings. The minimum Gasteiger partial charge on any atom is -0.459 e. The summed E-state index contributed by atoms with van der Waals surface area (Å²) in [6.45, 7) is 7.50. The molecule has 0 bridgehead atoms. The molecule has 0 radical (unpaired) electrons. The van der Waals surface area contributed by atoms with E-state index in [9.17, 15) is 4.79 Å². The van der Waals surface area contributed by atoms with Crippen molar-refractivity contribution in [3.05, 3.63) is 35.9 Å². The Kier molecular flexibility index (Phi) is 5.32. The number of aryl methyl sites for hydroxylation is 1. The van der Waals surface area contributed by atoms with Crippen LogP contribution in [0.1, 0.15) is 29.2 Å². The molecule has 3 rings (SSSR count). The summed E-state index contributed by atoms with van der Waals surface area (Å²) in [5.41, 5.74) is 0. The number of carbonyl (C=O) groups excluding carboxylic acids is 1. The van der Waals surface area contributed by atoms with Gasteiger partial charge in [0.15, 0.2) is 17.5 Å². The minimum absolute atomic E-state index is 0.0760. The van der Waals surface area contributed by atoms with E-state index in [1.54, 1.807) is 24.0 Å². The Hall–Kier alpha value is -2.84. The summed E-state index contributed by atoms with van der Waals surface area (Å²) in [6.07, 6.45) is 1.51. The lowest BCUT2D eigenvalue weighted by atomic mass is 10.3. The highest BCUT2D eigenvalue weighted by atomic mass is 16.5. The van der Waals surface area contributed by atoms with E-state index in [4.69, 9.17) is 8.94 Å². The van der Waals surface area contributed by atoms with Crippen LogP contribution in [0.25, 0.3) is 0 Å². The van der Waals surface area contributed by atoms with Crippen LogP contribution in [0.4, 0.5) is 0 Å². The first-order valence-electron chi connectivity index (χ1n) is 8.32. The quantitative estimate of drug-likeness (QED) is 0.648. The summed E-state index contributed by atoms with van der Waals surface area (Å²) in [6, 6.07) is 3.41. The maximum Gasteiger partial charge on any atom is 0.289 e. The molecule has 0 spiro atoms. The Bertz CT molecular complexity index is 716. The van der Waals surface area contributed by atoms with E-state index < -0.39 is 0 Å². The highest BCUT2D eigenvalue weighted by Crippen LogP contribution is 2.10. The van der Waals surface area contributed by atoms with Gasteiger partial charge in [0.25, 0.3) is 5.91 Å². The molecule has 1 N–H and O–H groups in total. The van der Waals surface area contributed by atoms with Crippen LogP contribution in [-0.4, -0.2) is 64.5 Å². The second-order valence-corrected chi connectivity index (χ2v) is 5.66. The number of amides is 1. The van der Waals surface area contributed by atoms with Gasteiger partial charge in [-0.25, -0.2) is 4.99 Å². The van der Waals surface area contributed by atoms with Gasteiger partial charge in [-0.15, -0.1) is 0 Å². The summed E-state index contributed by atoms with van der Waals surface area (Å²) < 4.78 is 10.3. The van der Waals surface area contributed by atoms with Crippen molar-refractivity contribution in [1.29, 1.82) is 0 Å². The van der Waals surface area contributed by atoms with Gasteiger partial charge in [-0.2, -0.15) is 4.98 Å². The molecule has 9 nitrogen and oxygen atoms in total. The molecule has 3 heterocycles.